The molecule has 52 valence electrons. The maximum atomic E-state index is 10.2. The Morgan fingerprint density at radius 3 is 2.44 bits per heavy atom. The van der Waals surface area contributed by atoms with Crippen molar-refractivity contribution in [2.45, 2.75) is 26.7 Å². The summed E-state index contributed by atoms with van der Waals surface area (Å²) in [5.74, 6) is -0.0700. The zero-order valence-corrected chi connectivity index (χ0v) is 5.76. The molecule has 0 atom stereocenters. The third kappa shape index (κ3) is 5.14. The lowest BCUT2D eigenvalue weighted by Crippen LogP contribution is -1.95. The number of nitroso groups, excluding NO2 is 1. The zero-order valence-electron chi connectivity index (χ0n) is 5.76. The van der Waals surface area contributed by atoms with Crippen LogP contribution in [0.15, 0.2) is 5.18 Å². The van der Waals surface area contributed by atoms with Gasteiger partial charge >= 0.3 is 0 Å². The Hall–Kier alpha value is -0.730. The van der Waals surface area contributed by atoms with Gasteiger partial charge in [-0.05, 0) is 12.3 Å². The molecule has 0 bridgehead atoms. The number of carbonyl (C=O) groups is 1. The second kappa shape index (κ2) is 4.18. The van der Waals surface area contributed by atoms with Gasteiger partial charge in [-0.15, -0.1) is 4.91 Å². The molecule has 0 rings (SSSR count). The van der Waals surface area contributed by atoms with Crippen LogP contribution in [0.25, 0.3) is 0 Å². The molecule has 9 heavy (non-hydrogen) atoms. The molecule has 0 aliphatic rings. The van der Waals surface area contributed by atoms with E-state index in [2.05, 4.69) is 5.18 Å². The van der Waals surface area contributed by atoms with Gasteiger partial charge in [0.15, 0.2) is 0 Å². The predicted molar refractivity (Wildman–Crippen MR) is 34.9 cm³/mol. The topological polar surface area (TPSA) is 46.5 Å². The van der Waals surface area contributed by atoms with Gasteiger partial charge in [0.05, 0.1) is 0 Å². The SMILES string of the molecule is CC(C)CCC(=O)N=O. The molecule has 3 heteroatoms. The highest BCUT2D eigenvalue weighted by Gasteiger charge is 2.01. The number of rotatable bonds is 3. The Morgan fingerprint density at radius 1 is 1.56 bits per heavy atom. The Morgan fingerprint density at radius 2 is 2.11 bits per heavy atom. The van der Waals surface area contributed by atoms with Crippen LogP contribution in [0.5, 0.6) is 0 Å². The van der Waals surface area contributed by atoms with Crippen molar-refractivity contribution in [3.8, 4) is 0 Å². The molecule has 0 spiro atoms. The molecule has 0 aliphatic heterocycles. The maximum absolute atomic E-state index is 10.2. The number of nitrogens with zero attached hydrogens (tertiary/aromatic N) is 1. The Kier molecular flexibility index (Phi) is 3.84. The van der Waals surface area contributed by atoms with Gasteiger partial charge in [0.2, 0.25) is 0 Å². The standard InChI is InChI=1S/C6H11NO2/c1-5(2)3-4-6(8)7-9/h5H,3-4H2,1-2H3. The highest BCUT2D eigenvalue weighted by Crippen LogP contribution is 2.03. The van der Waals surface area contributed by atoms with Crippen molar-refractivity contribution in [3.05, 3.63) is 4.91 Å². The highest BCUT2D eigenvalue weighted by atomic mass is 16.3. The number of hydrogen-bond donors (Lipinski definition) is 0. The molecule has 0 aromatic carbocycles. The fourth-order valence-electron chi connectivity index (χ4n) is 0.458. The van der Waals surface area contributed by atoms with E-state index in [0.717, 1.165) is 6.42 Å². The molecule has 0 unspecified atom stereocenters. The normalized spacial score (nSPS) is 9.67. The second-order valence-corrected chi connectivity index (χ2v) is 2.42. The predicted octanol–water partition coefficient (Wildman–Crippen LogP) is 1.72. The highest BCUT2D eigenvalue weighted by molar-refractivity contribution is 5.76. The van der Waals surface area contributed by atoms with Crippen molar-refractivity contribution < 1.29 is 4.79 Å². The van der Waals surface area contributed by atoms with Crippen molar-refractivity contribution in [2.24, 2.45) is 11.1 Å². The molecule has 0 N–H and O–H groups in total. The lowest BCUT2D eigenvalue weighted by Gasteiger charge is -1.97. The van der Waals surface area contributed by atoms with Gasteiger partial charge in [-0.25, -0.2) is 0 Å². The summed E-state index contributed by atoms with van der Waals surface area (Å²) in [6, 6.07) is 0. The van der Waals surface area contributed by atoms with E-state index < -0.39 is 5.91 Å². The van der Waals surface area contributed by atoms with E-state index in [1.165, 1.54) is 0 Å². The molecule has 0 aromatic heterocycles. The quantitative estimate of drug-likeness (QED) is 0.544. The molecule has 0 aromatic rings. The van der Waals surface area contributed by atoms with Crippen LogP contribution in [0.3, 0.4) is 0 Å². The minimum absolute atomic E-state index is 0.293. The summed E-state index contributed by atoms with van der Waals surface area (Å²) in [7, 11) is 0. The first kappa shape index (κ1) is 8.27. The van der Waals surface area contributed by atoms with Gasteiger partial charge < -0.3 is 0 Å². The minimum Gasteiger partial charge on any atom is -0.269 e. The zero-order chi connectivity index (χ0) is 7.28. The van der Waals surface area contributed by atoms with Crippen molar-refractivity contribution in [2.75, 3.05) is 0 Å². The van der Waals surface area contributed by atoms with E-state index in [9.17, 15) is 9.70 Å². The molecule has 0 aliphatic carbocycles. The summed E-state index contributed by atoms with van der Waals surface area (Å²) in [5.41, 5.74) is 0. The Labute approximate surface area is 54.4 Å². The summed E-state index contributed by atoms with van der Waals surface area (Å²) in [6.07, 6.45) is 1.05. The third-order valence-electron chi connectivity index (χ3n) is 1.04. The Bertz CT molecular complexity index is 110. The van der Waals surface area contributed by atoms with Gasteiger partial charge in [-0.1, -0.05) is 13.8 Å². The number of carbonyl (C=O) groups excluding carboxylic acids is 1. The average molecular weight is 129 g/mol. The molecule has 0 heterocycles. The molecule has 3 nitrogen and oxygen atoms in total. The molecular weight excluding hydrogens is 118 g/mol. The maximum Gasteiger partial charge on any atom is 0.286 e. The molecule has 0 saturated carbocycles. The first-order valence-corrected chi connectivity index (χ1v) is 3.03. The summed E-state index contributed by atoms with van der Waals surface area (Å²) in [4.78, 5) is 19.8. The third-order valence-corrected chi connectivity index (χ3v) is 1.04. The van der Waals surface area contributed by atoms with Crippen molar-refractivity contribution in [3.63, 3.8) is 0 Å². The monoisotopic (exact) mass is 129 g/mol. The van der Waals surface area contributed by atoms with Gasteiger partial charge in [0, 0.05) is 11.6 Å². The van der Waals surface area contributed by atoms with E-state index in [4.69, 9.17) is 0 Å². The second-order valence-electron chi connectivity index (χ2n) is 2.42. The van der Waals surface area contributed by atoms with E-state index in [0.29, 0.717) is 12.3 Å². The summed E-state index contributed by atoms with van der Waals surface area (Å²) < 4.78 is 0. The molecule has 0 saturated heterocycles. The van der Waals surface area contributed by atoms with Crippen LogP contribution in [0.2, 0.25) is 0 Å². The van der Waals surface area contributed by atoms with Crippen LogP contribution in [-0.4, -0.2) is 5.91 Å². The van der Waals surface area contributed by atoms with Crippen molar-refractivity contribution in [1.29, 1.82) is 0 Å². The van der Waals surface area contributed by atoms with Crippen molar-refractivity contribution >= 4 is 5.91 Å². The van der Waals surface area contributed by atoms with Crippen LogP contribution in [-0.2, 0) is 4.79 Å². The first-order chi connectivity index (χ1) is 4.16. The largest absolute Gasteiger partial charge is 0.286 e. The smallest absolute Gasteiger partial charge is 0.269 e. The lowest BCUT2D eigenvalue weighted by molar-refractivity contribution is -0.118. The fraction of sp³-hybridized carbons (Fsp3) is 0.833. The van der Waals surface area contributed by atoms with E-state index in [1.807, 2.05) is 13.8 Å². The molecular formula is C6H11NO2. The van der Waals surface area contributed by atoms with E-state index in [1.54, 1.807) is 0 Å². The van der Waals surface area contributed by atoms with Crippen LogP contribution in [0, 0.1) is 10.8 Å². The molecule has 0 fully saturated rings. The molecule has 1 amide bonds. The lowest BCUT2D eigenvalue weighted by atomic mass is 10.1. The fourth-order valence-corrected chi connectivity index (χ4v) is 0.458. The summed E-state index contributed by atoms with van der Waals surface area (Å²) in [5, 5.41) is 2.27. The van der Waals surface area contributed by atoms with Crippen molar-refractivity contribution in [1.82, 2.24) is 0 Å². The van der Waals surface area contributed by atoms with Gasteiger partial charge in [-0.3, -0.25) is 4.79 Å². The number of hydrogen-bond acceptors (Lipinski definition) is 2. The average Bonchev–Trinajstić information content (AvgIpc) is 1.83. The van der Waals surface area contributed by atoms with E-state index >= 15 is 0 Å². The molecule has 0 radical (unpaired) electrons. The van der Waals surface area contributed by atoms with Gasteiger partial charge in [0.25, 0.3) is 5.91 Å². The summed E-state index contributed by atoms with van der Waals surface area (Å²) in [6.45, 7) is 4.00. The van der Waals surface area contributed by atoms with Crippen LogP contribution in [0.1, 0.15) is 26.7 Å². The first-order valence-electron chi connectivity index (χ1n) is 3.03. The van der Waals surface area contributed by atoms with E-state index in [-0.39, 0.29) is 0 Å². The number of amides is 1. The Balaban J connectivity index is 3.27. The van der Waals surface area contributed by atoms with Crippen LogP contribution in [0.4, 0.5) is 0 Å². The van der Waals surface area contributed by atoms with Gasteiger partial charge in [0.1, 0.15) is 0 Å². The van der Waals surface area contributed by atoms with Gasteiger partial charge in [-0.2, -0.15) is 0 Å². The summed E-state index contributed by atoms with van der Waals surface area (Å²) >= 11 is 0. The minimum atomic E-state index is -0.538. The van der Waals surface area contributed by atoms with Crippen LogP contribution >= 0.6 is 0 Å². The van der Waals surface area contributed by atoms with Crippen LogP contribution < -0.4 is 0 Å².